The Labute approximate surface area is 130 Å². The standard InChI is InChI=1S/C14H18BrF3N2O/c15-12-3-1-2-11(13(12)21)7-19-6-10-4-5-20(8-10)9-14(16,17)18/h1-3,10,19,21H,4-9H2. The van der Waals surface area contributed by atoms with Crippen molar-refractivity contribution in [3.63, 3.8) is 0 Å². The number of likely N-dealkylation sites (tertiary alicyclic amines) is 1. The summed E-state index contributed by atoms with van der Waals surface area (Å²) < 4.78 is 37.5. The van der Waals surface area contributed by atoms with Crippen molar-refractivity contribution in [2.24, 2.45) is 5.92 Å². The Balaban J connectivity index is 1.74. The molecule has 0 spiro atoms. The van der Waals surface area contributed by atoms with Gasteiger partial charge in [-0.05, 0) is 47.4 Å². The molecule has 1 unspecified atom stereocenters. The summed E-state index contributed by atoms with van der Waals surface area (Å²) in [6.07, 6.45) is -3.35. The van der Waals surface area contributed by atoms with Gasteiger partial charge in [0, 0.05) is 18.7 Å². The van der Waals surface area contributed by atoms with Crippen LogP contribution in [0.5, 0.6) is 5.75 Å². The number of hydrogen-bond acceptors (Lipinski definition) is 3. The van der Waals surface area contributed by atoms with Crippen molar-refractivity contribution in [3.05, 3.63) is 28.2 Å². The van der Waals surface area contributed by atoms with Gasteiger partial charge in [0.25, 0.3) is 0 Å². The van der Waals surface area contributed by atoms with E-state index in [4.69, 9.17) is 0 Å². The largest absolute Gasteiger partial charge is 0.506 e. The summed E-state index contributed by atoms with van der Waals surface area (Å²) in [6.45, 7) is 1.29. The number of aromatic hydroxyl groups is 1. The van der Waals surface area contributed by atoms with Gasteiger partial charge >= 0.3 is 6.18 Å². The first-order valence-corrected chi connectivity index (χ1v) is 7.60. The minimum absolute atomic E-state index is 0.204. The molecule has 1 saturated heterocycles. The average Bonchev–Trinajstić information content (AvgIpc) is 2.80. The van der Waals surface area contributed by atoms with Crippen molar-refractivity contribution in [1.82, 2.24) is 10.2 Å². The van der Waals surface area contributed by atoms with Crippen LogP contribution in [0.1, 0.15) is 12.0 Å². The van der Waals surface area contributed by atoms with Gasteiger partial charge in [-0.15, -0.1) is 0 Å². The van der Waals surface area contributed by atoms with E-state index in [1.165, 1.54) is 4.90 Å². The lowest BCUT2D eigenvalue weighted by molar-refractivity contribution is -0.143. The number of nitrogens with one attached hydrogen (secondary N) is 1. The third kappa shape index (κ3) is 5.16. The molecule has 7 heteroatoms. The van der Waals surface area contributed by atoms with Gasteiger partial charge in [0.2, 0.25) is 0 Å². The molecule has 1 aromatic rings. The zero-order chi connectivity index (χ0) is 15.5. The molecule has 118 valence electrons. The van der Waals surface area contributed by atoms with E-state index in [-0.39, 0.29) is 11.7 Å². The molecule has 2 N–H and O–H groups in total. The van der Waals surface area contributed by atoms with Crippen LogP contribution in [0.2, 0.25) is 0 Å². The number of phenolic OH excluding ortho intramolecular Hbond substituents is 1. The van der Waals surface area contributed by atoms with E-state index in [0.29, 0.717) is 30.7 Å². The van der Waals surface area contributed by atoms with E-state index in [2.05, 4.69) is 21.2 Å². The Morgan fingerprint density at radius 2 is 2.14 bits per heavy atom. The maximum absolute atomic E-state index is 12.3. The Morgan fingerprint density at radius 3 is 2.86 bits per heavy atom. The smallest absolute Gasteiger partial charge is 0.401 e. The number of halogens is 4. The second kappa shape index (κ2) is 6.98. The number of phenols is 1. The van der Waals surface area contributed by atoms with Crippen molar-refractivity contribution >= 4 is 15.9 Å². The van der Waals surface area contributed by atoms with E-state index < -0.39 is 12.7 Å². The predicted molar refractivity (Wildman–Crippen MR) is 78.1 cm³/mol. The Hall–Kier alpha value is -0.790. The van der Waals surface area contributed by atoms with Crippen molar-refractivity contribution in [2.75, 3.05) is 26.2 Å². The lowest BCUT2D eigenvalue weighted by Gasteiger charge is -2.18. The van der Waals surface area contributed by atoms with Gasteiger partial charge in [0.05, 0.1) is 11.0 Å². The summed E-state index contributed by atoms with van der Waals surface area (Å²) in [6, 6.07) is 5.41. The summed E-state index contributed by atoms with van der Waals surface area (Å²) in [5, 5.41) is 13.0. The Morgan fingerprint density at radius 1 is 1.38 bits per heavy atom. The summed E-state index contributed by atoms with van der Waals surface area (Å²) in [5.74, 6) is 0.428. The maximum Gasteiger partial charge on any atom is 0.401 e. The van der Waals surface area contributed by atoms with Crippen LogP contribution in [0.4, 0.5) is 13.2 Å². The fourth-order valence-electron chi connectivity index (χ4n) is 2.59. The highest BCUT2D eigenvalue weighted by Gasteiger charge is 2.34. The van der Waals surface area contributed by atoms with E-state index in [1.807, 2.05) is 12.1 Å². The van der Waals surface area contributed by atoms with Gasteiger partial charge in [-0.2, -0.15) is 13.2 Å². The predicted octanol–water partition coefficient (Wildman–Crippen LogP) is 3.13. The molecule has 2 rings (SSSR count). The molecule has 0 aliphatic carbocycles. The number of para-hydroxylation sites is 1. The van der Waals surface area contributed by atoms with Gasteiger partial charge < -0.3 is 10.4 Å². The summed E-state index contributed by atoms with van der Waals surface area (Å²) in [5.41, 5.74) is 0.773. The molecule has 1 aliphatic rings. The normalized spacial score (nSPS) is 20.1. The molecule has 0 aromatic heterocycles. The van der Waals surface area contributed by atoms with Crippen molar-refractivity contribution < 1.29 is 18.3 Å². The van der Waals surface area contributed by atoms with Gasteiger partial charge in [-0.25, -0.2) is 0 Å². The van der Waals surface area contributed by atoms with Crippen LogP contribution in [0, 0.1) is 5.92 Å². The Bertz CT molecular complexity index is 482. The molecule has 1 heterocycles. The van der Waals surface area contributed by atoms with Crippen LogP contribution < -0.4 is 5.32 Å². The van der Waals surface area contributed by atoms with Crippen LogP contribution in [-0.4, -0.2) is 42.4 Å². The van der Waals surface area contributed by atoms with Crippen LogP contribution in [0.25, 0.3) is 0 Å². The van der Waals surface area contributed by atoms with Crippen molar-refractivity contribution in [1.29, 1.82) is 0 Å². The second-order valence-electron chi connectivity index (χ2n) is 5.38. The van der Waals surface area contributed by atoms with Crippen molar-refractivity contribution in [3.8, 4) is 5.75 Å². The van der Waals surface area contributed by atoms with Crippen LogP contribution in [0.3, 0.4) is 0 Å². The number of rotatable bonds is 5. The molecular formula is C14H18BrF3N2O. The summed E-state index contributed by atoms with van der Waals surface area (Å²) in [7, 11) is 0. The van der Waals surface area contributed by atoms with Crippen LogP contribution in [0.15, 0.2) is 22.7 Å². The molecule has 0 bridgehead atoms. The lowest BCUT2D eigenvalue weighted by Crippen LogP contribution is -2.33. The molecular weight excluding hydrogens is 349 g/mol. The van der Waals surface area contributed by atoms with E-state index in [1.54, 1.807) is 6.07 Å². The Kier molecular flexibility index (Phi) is 5.51. The van der Waals surface area contributed by atoms with Gasteiger partial charge in [-0.1, -0.05) is 12.1 Å². The number of hydrogen-bond donors (Lipinski definition) is 2. The SMILES string of the molecule is Oc1c(Br)cccc1CNCC1CCN(CC(F)(F)F)C1. The number of benzene rings is 1. The second-order valence-corrected chi connectivity index (χ2v) is 6.24. The highest BCUT2D eigenvalue weighted by atomic mass is 79.9. The first-order valence-electron chi connectivity index (χ1n) is 6.81. The molecule has 1 fully saturated rings. The molecule has 1 atom stereocenters. The molecule has 1 aromatic carbocycles. The fraction of sp³-hybridized carbons (Fsp3) is 0.571. The molecule has 0 radical (unpaired) electrons. The molecule has 21 heavy (non-hydrogen) atoms. The quantitative estimate of drug-likeness (QED) is 0.840. The first-order chi connectivity index (χ1) is 9.85. The summed E-state index contributed by atoms with van der Waals surface area (Å²) in [4.78, 5) is 1.45. The lowest BCUT2D eigenvalue weighted by atomic mass is 10.1. The van der Waals surface area contributed by atoms with Crippen LogP contribution in [-0.2, 0) is 6.54 Å². The maximum atomic E-state index is 12.3. The number of nitrogens with zero attached hydrogens (tertiary/aromatic N) is 1. The number of alkyl halides is 3. The molecule has 1 aliphatic heterocycles. The topological polar surface area (TPSA) is 35.5 Å². The highest BCUT2D eigenvalue weighted by Crippen LogP contribution is 2.27. The molecule has 0 saturated carbocycles. The molecule has 0 amide bonds. The van der Waals surface area contributed by atoms with Gasteiger partial charge in [-0.3, -0.25) is 4.90 Å². The first kappa shape index (κ1) is 16.6. The zero-order valence-electron chi connectivity index (χ0n) is 11.5. The monoisotopic (exact) mass is 366 g/mol. The highest BCUT2D eigenvalue weighted by molar-refractivity contribution is 9.10. The van der Waals surface area contributed by atoms with Gasteiger partial charge in [0.15, 0.2) is 0 Å². The van der Waals surface area contributed by atoms with Crippen LogP contribution >= 0.6 is 15.9 Å². The van der Waals surface area contributed by atoms with Gasteiger partial charge in [0.1, 0.15) is 5.75 Å². The zero-order valence-corrected chi connectivity index (χ0v) is 13.0. The average molecular weight is 367 g/mol. The summed E-state index contributed by atoms with van der Waals surface area (Å²) >= 11 is 3.25. The van der Waals surface area contributed by atoms with E-state index >= 15 is 0 Å². The third-order valence-electron chi connectivity index (χ3n) is 3.59. The fourth-order valence-corrected chi connectivity index (χ4v) is 3.00. The minimum atomic E-state index is -4.12. The van der Waals surface area contributed by atoms with E-state index in [9.17, 15) is 18.3 Å². The minimum Gasteiger partial charge on any atom is -0.506 e. The van der Waals surface area contributed by atoms with E-state index in [0.717, 1.165) is 12.0 Å². The van der Waals surface area contributed by atoms with Crippen molar-refractivity contribution in [2.45, 2.75) is 19.1 Å². The molecule has 3 nitrogen and oxygen atoms in total. The third-order valence-corrected chi connectivity index (χ3v) is 4.23.